The fourth-order valence-electron chi connectivity index (χ4n) is 3.58. The second-order valence-corrected chi connectivity index (χ2v) is 7.05. The first kappa shape index (κ1) is 16.6. The third kappa shape index (κ3) is 2.81. The van der Waals surface area contributed by atoms with Crippen molar-refractivity contribution >= 4 is 11.8 Å². The van der Waals surface area contributed by atoms with Gasteiger partial charge in [-0.15, -0.1) is 0 Å². The SMILES string of the molecule is COc1cc2c(cc1OC)CC(C)(C)N(C(=O)C1CCC(=O)N1)C2. The van der Waals surface area contributed by atoms with Crippen molar-refractivity contribution in [2.24, 2.45) is 0 Å². The van der Waals surface area contributed by atoms with Crippen LogP contribution in [0.5, 0.6) is 11.5 Å². The molecule has 2 heterocycles. The summed E-state index contributed by atoms with van der Waals surface area (Å²) in [5.74, 6) is 1.31. The average Bonchev–Trinajstić information content (AvgIpc) is 2.98. The standard InChI is InChI=1S/C18H24N2O4/c1-18(2)9-11-7-14(23-3)15(24-4)8-12(11)10-20(18)17(22)13-5-6-16(21)19-13/h7-8,13H,5-6,9-10H2,1-4H3,(H,19,21). The fraction of sp³-hybridized carbons (Fsp3) is 0.556. The summed E-state index contributed by atoms with van der Waals surface area (Å²) in [6.45, 7) is 4.62. The van der Waals surface area contributed by atoms with Crippen molar-refractivity contribution in [1.82, 2.24) is 10.2 Å². The van der Waals surface area contributed by atoms with Gasteiger partial charge in [-0.3, -0.25) is 9.59 Å². The number of ether oxygens (including phenoxy) is 2. The number of carbonyl (C=O) groups is 2. The predicted octanol–water partition coefficient (Wildman–Crippen LogP) is 1.65. The van der Waals surface area contributed by atoms with Crippen LogP contribution in [0.15, 0.2) is 12.1 Å². The van der Waals surface area contributed by atoms with E-state index in [1.54, 1.807) is 14.2 Å². The lowest BCUT2D eigenvalue weighted by atomic mass is 9.84. The quantitative estimate of drug-likeness (QED) is 0.914. The molecular weight excluding hydrogens is 308 g/mol. The van der Waals surface area contributed by atoms with Gasteiger partial charge in [0.15, 0.2) is 11.5 Å². The van der Waals surface area contributed by atoms with Crippen LogP contribution in [0.25, 0.3) is 0 Å². The number of carbonyl (C=O) groups excluding carboxylic acids is 2. The molecule has 2 aliphatic rings. The smallest absolute Gasteiger partial charge is 0.245 e. The Morgan fingerprint density at radius 3 is 2.38 bits per heavy atom. The molecule has 0 aliphatic carbocycles. The molecule has 130 valence electrons. The molecule has 1 atom stereocenters. The molecule has 1 saturated heterocycles. The fourth-order valence-corrected chi connectivity index (χ4v) is 3.58. The first-order valence-corrected chi connectivity index (χ1v) is 8.20. The summed E-state index contributed by atoms with van der Waals surface area (Å²) in [5.41, 5.74) is 1.90. The third-order valence-electron chi connectivity index (χ3n) is 4.95. The Balaban J connectivity index is 1.91. The van der Waals surface area contributed by atoms with E-state index in [0.717, 1.165) is 17.5 Å². The van der Waals surface area contributed by atoms with E-state index in [-0.39, 0.29) is 17.4 Å². The highest BCUT2D eigenvalue weighted by molar-refractivity contribution is 5.91. The van der Waals surface area contributed by atoms with E-state index in [4.69, 9.17) is 9.47 Å². The maximum atomic E-state index is 12.9. The highest BCUT2D eigenvalue weighted by atomic mass is 16.5. The Morgan fingerprint density at radius 1 is 1.21 bits per heavy atom. The van der Waals surface area contributed by atoms with E-state index in [9.17, 15) is 9.59 Å². The van der Waals surface area contributed by atoms with Crippen LogP contribution in [0.2, 0.25) is 0 Å². The minimum Gasteiger partial charge on any atom is -0.493 e. The number of hydrogen-bond donors (Lipinski definition) is 1. The van der Waals surface area contributed by atoms with Crippen LogP contribution in [0.4, 0.5) is 0 Å². The van der Waals surface area contributed by atoms with Crippen LogP contribution in [0.3, 0.4) is 0 Å². The molecule has 24 heavy (non-hydrogen) atoms. The van der Waals surface area contributed by atoms with Gasteiger partial charge in [0, 0.05) is 18.5 Å². The molecule has 2 amide bonds. The number of fused-ring (bicyclic) bond motifs is 1. The Labute approximate surface area is 142 Å². The average molecular weight is 332 g/mol. The first-order chi connectivity index (χ1) is 11.4. The van der Waals surface area contributed by atoms with Crippen LogP contribution in [0, 0.1) is 0 Å². The molecule has 6 heteroatoms. The summed E-state index contributed by atoms with van der Waals surface area (Å²) in [7, 11) is 3.23. The molecule has 0 saturated carbocycles. The van der Waals surface area contributed by atoms with Gasteiger partial charge in [-0.05, 0) is 49.9 Å². The van der Waals surface area contributed by atoms with E-state index in [0.29, 0.717) is 30.9 Å². The van der Waals surface area contributed by atoms with Gasteiger partial charge >= 0.3 is 0 Å². The normalized spacial score (nSPS) is 21.9. The number of methoxy groups -OCH3 is 2. The molecule has 1 aromatic rings. The van der Waals surface area contributed by atoms with Crippen LogP contribution in [-0.2, 0) is 22.6 Å². The van der Waals surface area contributed by atoms with Crippen molar-refractivity contribution in [2.45, 2.75) is 51.2 Å². The number of nitrogens with one attached hydrogen (secondary N) is 1. The van der Waals surface area contributed by atoms with Gasteiger partial charge in [-0.1, -0.05) is 0 Å². The van der Waals surface area contributed by atoms with Gasteiger partial charge in [-0.2, -0.15) is 0 Å². The highest BCUT2D eigenvalue weighted by Crippen LogP contribution is 2.38. The zero-order valence-electron chi connectivity index (χ0n) is 14.6. The molecule has 6 nitrogen and oxygen atoms in total. The monoisotopic (exact) mass is 332 g/mol. The predicted molar refractivity (Wildman–Crippen MR) is 89.0 cm³/mol. The topological polar surface area (TPSA) is 67.9 Å². The summed E-state index contributed by atoms with van der Waals surface area (Å²) in [4.78, 5) is 26.2. The summed E-state index contributed by atoms with van der Waals surface area (Å²) in [6.07, 6.45) is 1.73. The molecule has 2 aliphatic heterocycles. The third-order valence-corrected chi connectivity index (χ3v) is 4.95. The molecule has 0 bridgehead atoms. The molecule has 1 unspecified atom stereocenters. The maximum absolute atomic E-state index is 12.9. The highest BCUT2D eigenvalue weighted by Gasteiger charge is 2.40. The van der Waals surface area contributed by atoms with Crippen LogP contribution in [-0.4, -0.2) is 42.5 Å². The molecule has 0 aromatic heterocycles. The lowest BCUT2D eigenvalue weighted by Gasteiger charge is -2.44. The van der Waals surface area contributed by atoms with Gasteiger partial charge in [0.2, 0.25) is 11.8 Å². The van der Waals surface area contributed by atoms with E-state index in [2.05, 4.69) is 19.2 Å². The van der Waals surface area contributed by atoms with Crippen molar-refractivity contribution in [3.05, 3.63) is 23.3 Å². The Kier molecular flexibility index (Phi) is 4.15. The summed E-state index contributed by atoms with van der Waals surface area (Å²) in [6, 6.07) is 3.53. The van der Waals surface area contributed by atoms with Gasteiger partial charge in [0.1, 0.15) is 6.04 Å². The van der Waals surface area contributed by atoms with E-state index in [1.165, 1.54) is 0 Å². The van der Waals surface area contributed by atoms with Crippen LogP contribution < -0.4 is 14.8 Å². The minimum absolute atomic E-state index is 0.00807. The van der Waals surface area contributed by atoms with Gasteiger partial charge < -0.3 is 19.7 Å². The summed E-state index contributed by atoms with van der Waals surface area (Å²) in [5, 5.41) is 2.78. The second-order valence-electron chi connectivity index (χ2n) is 7.05. The molecule has 3 rings (SSSR count). The Morgan fingerprint density at radius 2 is 1.83 bits per heavy atom. The number of amides is 2. The van der Waals surface area contributed by atoms with E-state index >= 15 is 0 Å². The van der Waals surface area contributed by atoms with E-state index < -0.39 is 6.04 Å². The largest absolute Gasteiger partial charge is 0.493 e. The van der Waals surface area contributed by atoms with Crippen LogP contribution >= 0.6 is 0 Å². The summed E-state index contributed by atoms with van der Waals surface area (Å²) < 4.78 is 10.8. The first-order valence-electron chi connectivity index (χ1n) is 8.20. The zero-order chi connectivity index (χ0) is 17.5. The van der Waals surface area contributed by atoms with Crippen molar-refractivity contribution in [1.29, 1.82) is 0 Å². The van der Waals surface area contributed by atoms with Gasteiger partial charge in [-0.25, -0.2) is 0 Å². The molecule has 1 fully saturated rings. The van der Waals surface area contributed by atoms with Crippen LogP contribution in [0.1, 0.15) is 37.8 Å². The van der Waals surface area contributed by atoms with Crippen molar-refractivity contribution < 1.29 is 19.1 Å². The van der Waals surface area contributed by atoms with Gasteiger partial charge in [0.05, 0.1) is 14.2 Å². The number of benzene rings is 1. The number of hydrogen-bond acceptors (Lipinski definition) is 4. The number of rotatable bonds is 3. The number of nitrogens with zero attached hydrogens (tertiary/aromatic N) is 1. The molecule has 1 aromatic carbocycles. The lowest BCUT2D eigenvalue weighted by Crippen LogP contribution is -2.56. The molecular formula is C18H24N2O4. The summed E-state index contributed by atoms with van der Waals surface area (Å²) >= 11 is 0. The lowest BCUT2D eigenvalue weighted by molar-refractivity contribution is -0.141. The van der Waals surface area contributed by atoms with Crippen molar-refractivity contribution in [3.63, 3.8) is 0 Å². The molecule has 1 N–H and O–H groups in total. The van der Waals surface area contributed by atoms with Crippen molar-refractivity contribution in [3.8, 4) is 11.5 Å². The zero-order valence-corrected chi connectivity index (χ0v) is 14.6. The van der Waals surface area contributed by atoms with Crippen molar-refractivity contribution in [2.75, 3.05) is 14.2 Å². The molecule has 0 radical (unpaired) electrons. The Hall–Kier alpha value is -2.24. The minimum atomic E-state index is -0.404. The maximum Gasteiger partial charge on any atom is 0.245 e. The second kappa shape index (κ2) is 6.00. The van der Waals surface area contributed by atoms with E-state index in [1.807, 2.05) is 17.0 Å². The Bertz CT molecular complexity index is 684. The van der Waals surface area contributed by atoms with Gasteiger partial charge in [0.25, 0.3) is 0 Å². The molecule has 0 spiro atoms.